The van der Waals surface area contributed by atoms with E-state index in [1.165, 1.54) is 16.6 Å². The number of aliphatic hydroxyl groups excluding tert-OH is 1. The molecule has 0 aliphatic carbocycles. The highest BCUT2D eigenvalue weighted by molar-refractivity contribution is 5.73. The van der Waals surface area contributed by atoms with Crippen LogP contribution in [0.1, 0.15) is 25.2 Å². The first-order valence-corrected chi connectivity index (χ1v) is 5.85. The lowest BCUT2D eigenvalue weighted by Gasteiger charge is -1.97. The molecule has 17 heavy (non-hydrogen) atoms. The Bertz CT molecular complexity index is 520. The van der Waals surface area contributed by atoms with E-state index in [9.17, 15) is 5.11 Å². The van der Waals surface area contributed by atoms with E-state index in [0.29, 0.717) is 0 Å². The van der Waals surface area contributed by atoms with Crippen molar-refractivity contribution in [2.75, 3.05) is 0 Å². The standard InChI is InChI=1S/C13H19N2O.HI/c1-4-14-11-7-6-10(3)8-12(11)15(5-2)13(14)9-16;/h6-8,16H,4-5,9H2,1-3H3;1H/q+1;/p-1. The number of rotatable bonds is 3. The SMILES string of the molecule is CCn1c(CO)[n+](CC)c2ccc(C)cc21.[I-]. The zero-order valence-corrected chi connectivity index (χ0v) is 12.7. The number of aryl methyl sites for hydroxylation is 3. The summed E-state index contributed by atoms with van der Waals surface area (Å²) >= 11 is 0. The van der Waals surface area contributed by atoms with Crippen molar-refractivity contribution >= 4 is 11.0 Å². The maximum absolute atomic E-state index is 9.49. The van der Waals surface area contributed by atoms with E-state index in [1.807, 2.05) is 0 Å². The third-order valence-electron chi connectivity index (χ3n) is 3.11. The van der Waals surface area contributed by atoms with Crippen LogP contribution in [0.3, 0.4) is 0 Å². The number of fused-ring (bicyclic) bond motifs is 1. The van der Waals surface area contributed by atoms with E-state index >= 15 is 0 Å². The van der Waals surface area contributed by atoms with Crippen molar-refractivity contribution in [2.45, 2.75) is 40.5 Å². The molecule has 0 amide bonds. The van der Waals surface area contributed by atoms with Crippen LogP contribution in [-0.4, -0.2) is 9.67 Å². The van der Waals surface area contributed by atoms with E-state index in [0.717, 1.165) is 18.9 Å². The minimum absolute atomic E-state index is 0. The van der Waals surface area contributed by atoms with Crippen molar-refractivity contribution in [3.8, 4) is 0 Å². The molecule has 94 valence electrons. The number of hydrogen-bond acceptors (Lipinski definition) is 1. The first-order valence-electron chi connectivity index (χ1n) is 5.85. The molecule has 2 aromatic rings. The summed E-state index contributed by atoms with van der Waals surface area (Å²) in [6.45, 7) is 8.20. The van der Waals surface area contributed by atoms with Gasteiger partial charge in [-0.3, -0.25) is 0 Å². The van der Waals surface area contributed by atoms with E-state index in [1.54, 1.807) is 0 Å². The van der Waals surface area contributed by atoms with Gasteiger partial charge in [0.1, 0.15) is 6.61 Å². The normalized spacial score (nSPS) is 10.6. The molecule has 0 aliphatic rings. The average molecular weight is 346 g/mol. The summed E-state index contributed by atoms with van der Waals surface area (Å²) < 4.78 is 4.37. The Labute approximate surface area is 119 Å². The summed E-state index contributed by atoms with van der Waals surface area (Å²) in [5.41, 5.74) is 3.68. The molecule has 0 unspecified atom stereocenters. The number of imidazole rings is 1. The fourth-order valence-electron chi connectivity index (χ4n) is 2.38. The van der Waals surface area contributed by atoms with Gasteiger partial charge in [-0.1, -0.05) is 6.07 Å². The molecule has 1 N–H and O–H groups in total. The second kappa shape index (κ2) is 5.82. The molecule has 0 aliphatic heterocycles. The number of aromatic nitrogens is 2. The molecule has 0 saturated carbocycles. The minimum atomic E-state index is 0. The lowest BCUT2D eigenvalue weighted by molar-refractivity contribution is -0.678. The molecule has 0 saturated heterocycles. The molecular formula is C13H19IN2O. The number of nitrogens with zero attached hydrogens (tertiary/aromatic N) is 2. The highest BCUT2D eigenvalue weighted by Crippen LogP contribution is 2.16. The Morgan fingerprint density at radius 2 is 2.00 bits per heavy atom. The molecule has 1 aromatic carbocycles. The topological polar surface area (TPSA) is 29.0 Å². The number of benzene rings is 1. The Hall–Kier alpha value is -0.620. The second-order valence-electron chi connectivity index (χ2n) is 4.06. The summed E-state index contributed by atoms with van der Waals surface area (Å²) in [6.07, 6.45) is 0. The first-order chi connectivity index (χ1) is 7.72. The van der Waals surface area contributed by atoms with Gasteiger partial charge in [0.05, 0.1) is 13.1 Å². The van der Waals surface area contributed by atoms with Crippen LogP contribution in [0.2, 0.25) is 0 Å². The van der Waals surface area contributed by atoms with Crippen LogP contribution in [0.25, 0.3) is 11.0 Å². The Morgan fingerprint density at radius 1 is 1.29 bits per heavy atom. The fraction of sp³-hybridized carbons (Fsp3) is 0.462. The van der Waals surface area contributed by atoms with E-state index in [-0.39, 0.29) is 30.6 Å². The van der Waals surface area contributed by atoms with Crippen LogP contribution in [-0.2, 0) is 19.7 Å². The second-order valence-corrected chi connectivity index (χ2v) is 4.06. The number of aliphatic hydroxyl groups is 1. The summed E-state index contributed by atoms with van der Waals surface area (Å²) in [5, 5.41) is 9.49. The molecule has 2 rings (SSSR count). The highest BCUT2D eigenvalue weighted by atomic mass is 127. The predicted octanol–water partition coefficient (Wildman–Crippen LogP) is -1.23. The first kappa shape index (κ1) is 14.4. The van der Waals surface area contributed by atoms with Crippen molar-refractivity contribution in [3.63, 3.8) is 0 Å². The van der Waals surface area contributed by atoms with Crippen molar-refractivity contribution in [2.24, 2.45) is 0 Å². The summed E-state index contributed by atoms with van der Waals surface area (Å²) in [7, 11) is 0. The van der Waals surface area contributed by atoms with Gasteiger partial charge in [0, 0.05) is 0 Å². The molecule has 0 radical (unpaired) electrons. The van der Waals surface area contributed by atoms with Gasteiger partial charge in [0.15, 0.2) is 11.0 Å². The Kier molecular flexibility index (Phi) is 4.94. The zero-order valence-electron chi connectivity index (χ0n) is 10.6. The molecule has 1 aromatic heterocycles. The maximum atomic E-state index is 9.49. The number of hydrogen-bond donors (Lipinski definition) is 1. The monoisotopic (exact) mass is 346 g/mol. The molecule has 3 nitrogen and oxygen atoms in total. The van der Waals surface area contributed by atoms with Gasteiger partial charge in [-0.05, 0) is 38.5 Å². The van der Waals surface area contributed by atoms with Crippen LogP contribution in [0.5, 0.6) is 0 Å². The quantitative estimate of drug-likeness (QED) is 0.548. The van der Waals surface area contributed by atoms with Crippen molar-refractivity contribution in [1.29, 1.82) is 0 Å². The largest absolute Gasteiger partial charge is 1.00 e. The molecule has 4 heteroatoms. The molecule has 0 bridgehead atoms. The maximum Gasteiger partial charge on any atom is 0.283 e. The van der Waals surface area contributed by atoms with Crippen LogP contribution in [0.4, 0.5) is 0 Å². The summed E-state index contributed by atoms with van der Waals surface area (Å²) in [5.74, 6) is 0.991. The van der Waals surface area contributed by atoms with Crippen LogP contribution in [0.15, 0.2) is 18.2 Å². The lowest BCUT2D eigenvalue weighted by Crippen LogP contribution is -3.00. The van der Waals surface area contributed by atoms with Crippen LogP contribution >= 0.6 is 0 Å². The smallest absolute Gasteiger partial charge is 0.283 e. The Balaban J connectivity index is 0.00000144. The van der Waals surface area contributed by atoms with Gasteiger partial charge in [0.2, 0.25) is 0 Å². The zero-order chi connectivity index (χ0) is 11.7. The van der Waals surface area contributed by atoms with Crippen LogP contribution in [0, 0.1) is 6.92 Å². The number of halogens is 1. The van der Waals surface area contributed by atoms with Crippen molar-refractivity contribution < 1.29 is 33.7 Å². The minimum Gasteiger partial charge on any atom is -1.00 e. The summed E-state index contributed by atoms with van der Waals surface area (Å²) in [4.78, 5) is 0. The molecule has 0 fully saturated rings. The fourth-order valence-corrected chi connectivity index (χ4v) is 2.38. The third kappa shape index (κ3) is 2.33. The molecule has 0 atom stereocenters. The van der Waals surface area contributed by atoms with E-state index < -0.39 is 0 Å². The van der Waals surface area contributed by atoms with Gasteiger partial charge < -0.3 is 29.1 Å². The van der Waals surface area contributed by atoms with Gasteiger partial charge >= 0.3 is 0 Å². The van der Waals surface area contributed by atoms with E-state index in [4.69, 9.17) is 0 Å². The lowest BCUT2D eigenvalue weighted by atomic mass is 10.2. The van der Waals surface area contributed by atoms with Gasteiger partial charge in [0.25, 0.3) is 5.82 Å². The van der Waals surface area contributed by atoms with Crippen molar-refractivity contribution in [1.82, 2.24) is 4.57 Å². The predicted molar refractivity (Wildman–Crippen MR) is 64.1 cm³/mol. The van der Waals surface area contributed by atoms with E-state index in [2.05, 4.69) is 48.1 Å². The molecule has 1 heterocycles. The van der Waals surface area contributed by atoms with Gasteiger partial charge in [-0.15, -0.1) is 0 Å². The van der Waals surface area contributed by atoms with Gasteiger partial charge in [-0.25, -0.2) is 9.13 Å². The summed E-state index contributed by atoms with van der Waals surface area (Å²) in [6, 6.07) is 6.44. The van der Waals surface area contributed by atoms with Gasteiger partial charge in [-0.2, -0.15) is 0 Å². The third-order valence-corrected chi connectivity index (χ3v) is 3.11. The van der Waals surface area contributed by atoms with Crippen LogP contribution < -0.4 is 28.5 Å². The Morgan fingerprint density at radius 3 is 2.53 bits per heavy atom. The average Bonchev–Trinajstić information content (AvgIpc) is 2.60. The van der Waals surface area contributed by atoms with Crippen molar-refractivity contribution in [3.05, 3.63) is 29.6 Å². The molecule has 0 spiro atoms. The molecular weight excluding hydrogens is 327 g/mol. The highest BCUT2D eigenvalue weighted by Gasteiger charge is 2.21.